The number of sulfone groups is 1. The minimum Gasteiger partial charge on any atom is -0.482 e. The molecular formula is C21H23ClN2O5S. The zero-order chi connectivity index (χ0) is 21.7. The monoisotopic (exact) mass is 450 g/mol. The summed E-state index contributed by atoms with van der Waals surface area (Å²) in [6.45, 7) is 1.69. The number of carbonyl (C=O) groups is 2. The second-order valence-electron chi connectivity index (χ2n) is 7.18. The smallest absolute Gasteiger partial charge is 0.262 e. The van der Waals surface area contributed by atoms with Gasteiger partial charge in [0.1, 0.15) is 5.75 Å². The quantitative estimate of drug-likeness (QED) is 0.643. The van der Waals surface area contributed by atoms with Crippen molar-refractivity contribution in [2.45, 2.75) is 37.1 Å². The van der Waals surface area contributed by atoms with Crippen molar-refractivity contribution in [3.05, 3.63) is 53.1 Å². The summed E-state index contributed by atoms with van der Waals surface area (Å²) >= 11 is 6.11. The number of hydrogen-bond donors (Lipinski definition) is 2. The fourth-order valence-electron chi connectivity index (χ4n) is 3.10. The standard InChI is InChI=1S/C21H23ClN2O5S/c1-14(7-8-15-5-3-2-4-6-15)23-20(25)9-10-30(27,28)19-12-18-17(11-16(19)22)24-21(26)13-29-18/h2-6,11-12,14H,7-10,13H2,1H3,(H,23,25)(H,24,26). The molecule has 0 aliphatic carbocycles. The largest absolute Gasteiger partial charge is 0.482 e. The Bertz CT molecular complexity index is 1040. The summed E-state index contributed by atoms with van der Waals surface area (Å²) in [5.41, 5.74) is 1.50. The van der Waals surface area contributed by atoms with Crippen LogP contribution in [0.3, 0.4) is 0 Å². The molecule has 3 rings (SSSR count). The van der Waals surface area contributed by atoms with Gasteiger partial charge in [-0.3, -0.25) is 9.59 Å². The van der Waals surface area contributed by atoms with Crippen LogP contribution in [0.2, 0.25) is 5.02 Å². The average molecular weight is 451 g/mol. The highest BCUT2D eigenvalue weighted by molar-refractivity contribution is 7.91. The molecule has 0 bridgehead atoms. The summed E-state index contributed by atoms with van der Waals surface area (Å²) in [7, 11) is -3.81. The van der Waals surface area contributed by atoms with Crippen molar-refractivity contribution in [3.63, 3.8) is 0 Å². The van der Waals surface area contributed by atoms with E-state index in [1.54, 1.807) is 0 Å². The second kappa shape index (κ2) is 9.49. The molecule has 160 valence electrons. The molecule has 0 saturated carbocycles. The summed E-state index contributed by atoms with van der Waals surface area (Å²) in [6, 6.07) is 12.5. The molecule has 1 aliphatic rings. The summed E-state index contributed by atoms with van der Waals surface area (Å²) in [4.78, 5) is 23.5. The molecule has 0 aromatic heterocycles. The highest BCUT2D eigenvalue weighted by Gasteiger charge is 2.25. The SMILES string of the molecule is CC(CCc1ccccc1)NC(=O)CCS(=O)(=O)c1cc2c(cc1Cl)NC(=O)CO2. The normalized spacial score (nSPS) is 14.3. The van der Waals surface area contributed by atoms with E-state index in [1.165, 1.54) is 17.7 Å². The molecule has 0 radical (unpaired) electrons. The van der Waals surface area contributed by atoms with Crippen LogP contribution in [0.5, 0.6) is 5.75 Å². The van der Waals surface area contributed by atoms with Crippen molar-refractivity contribution in [3.8, 4) is 5.75 Å². The van der Waals surface area contributed by atoms with Crippen LogP contribution in [0, 0.1) is 0 Å². The number of nitrogens with one attached hydrogen (secondary N) is 2. The van der Waals surface area contributed by atoms with Crippen molar-refractivity contribution < 1.29 is 22.7 Å². The minimum absolute atomic E-state index is 0.0313. The molecule has 9 heteroatoms. The van der Waals surface area contributed by atoms with E-state index in [0.717, 1.165) is 12.8 Å². The Morgan fingerprint density at radius 2 is 2.00 bits per heavy atom. The van der Waals surface area contributed by atoms with Gasteiger partial charge in [-0.25, -0.2) is 8.42 Å². The first-order valence-corrected chi connectivity index (χ1v) is 11.6. The van der Waals surface area contributed by atoms with Crippen LogP contribution in [0.25, 0.3) is 0 Å². The lowest BCUT2D eigenvalue weighted by atomic mass is 10.1. The predicted molar refractivity (Wildman–Crippen MR) is 115 cm³/mol. The van der Waals surface area contributed by atoms with Crippen LogP contribution in [0.15, 0.2) is 47.4 Å². The number of halogens is 1. The molecule has 2 N–H and O–H groups in total. The van der Waals surface area contributed by atoms with E-state index in [1.807, 2.05) is 37.3 Å². The van der Waals surface area contributed by atoms with Gasteiger partial charge in [-0.2, -0.15) is 0 Å². The van der Waals surface area contributed by atoms with Crippen molar-refractivity contribution >= 4 is 38.9 Å². The number of fused-ring (bicyclic) bond motifs is 1. The van der Waals surface area contributed by atoms with Gasteiger partial charge in [0.2, 0.25) is 5.91 Å². The van der Waals surface area contributed by atoms with Crippen LogP contribution in [0.4, 0.5) is 5.69 Å². The van der Waals surface area contributed by atoms with E-state index in [2.05, 4.69) is 10.6 Å². The summed E-state index contributed by atoms with van der Waals surface area (Å²) in [5.74, 6) is -0.824. The Labute approximate surface area is 180 Å². The fraction of sp³-hybridized carbons (Fsp3) is 0.333. The molecule has 2 amide bonds. The molecular weight excluding hydrogens is 428 g/mol. The molecule has 1 heterocycles. The van der Waals surface area contributed by atoms with E-state index in [-0.39, 0.29) is 52.3 Å². The zero-order valence-corrected chi connectivity index (χ0v) is 18.1. The lowest BCUT2D eigenvalue weighted by Crippen LogP contribution is -2.34. The van der Waals surface area contributed by atoms with Gasteiger partial charge in [0.15, 0.2) is 16.4 Å². The number of anilines is 1. The van der Waals surface area contributed by atoms with Gasteiger partial charge in [-0.05, 0) is 31.4 Å². The zero-order valence-electron chi connectivity index (χ0n) is 16.5. The third-order valence-electron chi connectivity index (χ3n) is 4.72. The van der Waals surface area contributed by atoms with E-state index >= 15 is 0 Å². The Balaban J connectivity index is 1.55. The minimum atomic E-state index is -3.81. The fourth-order valence-corrected chi connectivity index (χ4v) is 4.94. The van der Waals surface area contributed by atoms with Crippen LogP contribution < -0.4 is 15.4 Å². The summed E-state index contributed by atoms with van der Waals surface area (Å²) < 4.78 is 30.6. The third kappa shape index (κ3) is 5.73. The van der Waals surface area contributed by atoms with Gasteiger partial charge in [-0.15, -0.1) is 0 Å². The number of aryl methyl sites for hydroxylation is 1. The van der Waals surface area contributed by atoms with Gasteiger partial charge in [0.25, 0.3) is 5.91 Å². The Morgan fingerprint density at radius 3 is 2.73 bits per heavy atom. The Hall–Kier alpha value is -2.58. The predicted octanol–water partition coefficient (Wildman–Crippen LogP) is 2.97. The molecule has 1 unspecified atom stereocenters. The molecule has 0 fully saturated rings. The first kappa shape index (κ1) is 22.1. The molecule has 0 spiro atoms. The van der Waals surface area contributed by atoms with E-state index in [4.69, 9.17) is 16.3 Å². The van der Waals surface area contributed by atoms with Gasteiger partial charge < -0.3 is 15.4 Å². The Kier molecular flexibility index (Phi) is 6.99. The number of ether oxygens (including phenoxy) is 1. The summed E-state index contributed by atoms with van der Waals surface area (Å²) in [6.07, 6.45) is 1.40. The molecule has 1 atom stereocenters. The first-order chi connectivity index (χ1) is 14.2. The highest BCUT2D eigenvalue weighted by Crippen LogP contribution is 2.36. The first-order valence-electron chi connectivity index (χ1n) is 9.57. The van der Waals surface area contributed by atoms with Gasteiger partial charge >= 0.3 is 0 Å². The van der Waals surface area contributed by atoms with Crippen molar-refractivity contribution in [1.29, 1.82) is 0 Å². The maximum absolute atomic E-state index is 12.7. The second-order valence-corrected chi connectivity index (χ2v) is 9.66. The topological polar surface area (TPSA) is 102 Å². The average Bonchev–Trinajstić information content (AvgIpc) is 2.71. The lowest BCUT2D eigenvalue weighted by molar-refractivity contribution is -0.121. The van der Waals surface area contributed by atoms with Crippen LogP contribution in [-0.2, 0) is 25.8 Å². The van der Waals surface area contributed by atoms with Crippen molar-refractivity contribution in [2.75, 3.05) is 17.7 Å². The van der Waals surface area contributed by atoms with E-state index in [9.17, 15) is 18.0 Å². The number of rotatable bonds is 8. The van der Waals surface area contributed by atoms with Crippen molar-refractivity contribution in [2.24, 2.45) is 0 Å². The van der Waals surface area contributed by atoms with Crippen molar-refractivity contribution in [1.82, 2.24) is 5.32 Å². The number of hydrogen-bond acceptors (Lipinski definition) is 5. The number of benzene rings is 2. The number of carbonyl (C=O) groups excluding carboxylic acids is 2. The molecule has 2 aromatic rings. The highest BCUT2D eigenvalue weighted by atomic mass is 35.5. The van der Waals surface area contributed by atoms with Crippen LogP contribution in [-0.4, -0.2) is 38.6 Å². The van der Waals surface area contributed by atoms with Gasteiger partial charge in [-0.1, -0.05) is 41.9 Å². The maximum Gasteiger partial charge on any atom is 0.262 e. The van der Waals surface area contributed by atoms with E-state index < -0.39 is 9.84 Å². The van der Waals surface area contributed by atoms with Crippen LogP contribution >= 0.6 is 11.6 Å². The molecule has 0 saturated heterocycles. The third-order valence-corrected chi connectivity index (χ3v) is 6.89. The van der Waals surface area contributed by atoms with E-state index in [0.29, 0.717) is 5.69 Å². The Morgan fingerprint density at radius 1 is 1.27 bits per heavy atom. The number of amides is 2. The maximum atomic E-state index is 12.7. The lowest BCUT2D eigenvalue weighted by Gasteiger charge is -2.19. The molecule has 7 nitrogen and oxygen atoms in total. The van der Waals surface area contributed by atoms with Gasteiger partial charge in [0, 0.05) is 18.5 Å². The molecule has 30 heavy (non-hydrogen) atoms. The van der Waals surface area contributed by atoms with Gasteiger partial charge in [0.05, 0.1) is 21.4 Å². The molecule has 2 aromatic carbocycles. The van der Waals surface area contributed by atoms with Crippen LogP contribution in [0.1, 0.15) is 25.3 Å². The summed E-state index contributed by atoms with van der Waals surface area (Å²) in [5, 5.41) is 5.37. The molecule has 1 aliphatic heterocycles.